The van der Waals surface area contributed by atoms with Crippen molar-refractivity contribution in [3.63, 3.8) is 0 Å². The third-order valence-electron chi connectivity index (χ3n) is 4.63. The number of nitrogens with zero attached hydrogens (tertiary/aromatic N) is 4. The Morgan fingerprint density at radius 3 is 2.64 bits per heavy atom. The molecule has 2 aromatic rings. The molecule has 0 bridgehead atoms. The largest absolute Gasteiger partial charge is 0.335 e. The number of nitrogens with one attached hydrogen (secondary N) is 2. The van der Waals surface area contributed by atoms with E-state index in [4.69, 9.17) is 0 Å². The van der Waals surface area contributed by atoms with E-state index in [9.17, 15) is 9.59 Å². The van der Waals surface area contributed by atoms with E-state index in [0.29, 0.717) is 5.16 Å². The van der Waals surface area contributed by atoms with E-state index >= 15 is 0 Å². The first-order valence-corrected chi connectivity index (χ1v) is 10.7. The van der Waals surface area contributed by atoms with Gasteiger partial charge < -0.3 is 9.88 Å². The van der Waals surface area contributed by atoms with E-state index in [1.165, 1.54) is 18.2 Å². The standard InChI is InChI=1S/C19H26N6O2S/c1-2-12-25-17(14-8-10-20-11-9-14)23-24-19(25)28-13-16(26)22-18(27)21-15-6-4-3-5-7-15/h8-11,15H,2-7,12-13H2,1H3,(H2,21,22,26,27). The first-order chi connectivity index (χ1) is 13.7. The Labute approximate surface area is 168 Å². The summed E-state index contributed by atoms with van der Waals surface area (Å²) in [5, 5.41) is 14.5. The Morgan fingerprint density at radius 1 is 1.18 bits per heavy atom. The second kappa shape index (κ2) is 10.2. The first-order valence-electron chi connectivity index (χ1n) is 9.74. The molecule has 0 atom stereocenters. The van der Waals surface area contributed by atoms with E-state index in [1.54, 1.807) is 12.4 Å². The highest BCUT2D eigenvalue weighted by Gasteiger charge is 2.18. The molecular formula is C19H26N6O2S. The van der Waals surface area contributed by atoms with Crippen molar-refractivity contribution in [3.8, 4) is 11.4 Å². The maximum absolute atomic E-state index is 12.2. The van der Waals surface area contributed by atoms with Gasteiger partial charge in [0.25, 0.3) is 0 Å². The van der Waals surface area contributed by atoms with Crippen LogP contribution in [0, 0.1) is 0 Å². The maximum Gasteiger partial charge on any atom is 0.321 e. The molecule has 0 aromatic carbocycles. The summed E-state index contributed by atoms with van der Waals surface area (Å²) in [6.45, 7) is 2.82. The van der Waals surface area contributed by atoms with Crippen molar-refractivity contribution >= 4 is 23.7 Å². The predicted octanol–water partition coefficient (Wildman–Crippen LogP) is 3.00. The minimum Gasteiger partial charge on any atom is -0.335 e. The molecule has 0 unspecified atom stereocenters. The summed E-state index contributed by atoms with van der Waals surface area (Å²) in [4.78, 5) is 28.2. The molecule has 3 amide bonds. The smallest absolute Gasteiger partial charge is 0.321 e. The quantitative estimate of drug-likeness (QED) is 0.690. The fourth-order valence-electron chi connectivity index (χ4n) is 3.30. The van der Waals surface area contributed by atoms with Crippen LogP contribution in [0.4, 0.5) is 4.79 Å². The molecular weight excluding hydrogens is 376 g/mol. The molecule has 0 saturated heterocycles. The predicted molar refractivity (Wildman–Crippen MR) is 108 cm³/mol. The van der Waals surface area contributed by atoms with Gasteiger partial charge in [-0.1, -0.05) is 37.9 Å². The highest BCUT2D eigenvalue weighted by atomic mass is 32.2. The first kappa shape index (κ1) is 20.3. The second-order valence-corrected chi connectivity index (χ2v) is 7.78. The average Bonchev–Trinajstić information content (AvgIpc) is 3.11. The number of hydrogen-bond donors (Lipinski definition) is 2. The van der Waals surface area contributed by atoms with Crippen LogP contribution in [0.2, 0.25) is 0 Å². The van der Waals surface area contributed by atoms with Crippen LogP contribution >= 0.6 is 11.8 Å². The molecule has 0 aliphatic heterocycles. The maximum atomic E-state index is 12.2. The van der Waals surface area contributed by atoms with Gasteiger partial charge in [0.1, 0.15) is 0 Å². The van der Waals surface area contributed by atoms with Gasteiger partial charge in [-0.25, -0.2) is 4.79 Å². The lowest BCUT2D eigenvalue weighted by Crippen LogP contribution is -2.45. The Balaban J connectivity index is 1.55. The summed E-state index contributed by atoms with van der Waals surface area (Å²) in [5.41, 5.74) is 0.930. The van der Waals surface area contributed by atoms with Crippen LogP contribution in [0.25, 0.3) is 11.4 Å². The van der Waals surface area contributed by atoms with Crippen LogP contribution in [0.15, 0.2) is 29.7 Å². The van der Waals surface area contributed by atoms with Gasteiger partial charge in [0.2, 0.25) is 5.91 Å². The van der Waals surface area contributed by atoms with Crippen LogP contribution < -0.4 is 10.6 Å². The SMILES string of the molecule is CCCn1c(SCC(=O)NC(=O)NC2CCCCC2)nnc1-c1ccncc1. The van der Waals surface area contributed by atoms with E-state index in [-0.39, 0.29) is 17.7 Å². The van der Waals surface area contributed by atoms with E-state index in [1.807, 2.05) is 16.7 Å². The number of carbonyl (C=O) groups excluding carboxylic acids is 2. The molecule has 3 rings (SSSR count). The molecule has 28 heavy (non-hydrogen) atoms. The minimum absolute atomic E-state index is 0.107. The fraction of sp³-hybridized carbons (Fsp3) is 0.526. The molecule has 8 nitrogen and oxygen atoms in total. The molecule has 1 aliphatic rings. The van der Waals surface area contributed by atoms with Gasteiger partial charge in [-0.2, -0.15) is 0 Å². The number of pyridine rings is 1. The van der Waals surface area contributed by atoms with Crippen molar-refractivity contribution in [1.82, 2.24) is 30.4 Å². The zero-order valence-corrected chi connectivity index (χ0v) is 16.9. The van der Waals surface area contributed by atoms with Crippen LogP contribution in [0.5, 0.6) is 0 Å². The van der Waals surface area contributed by atoms with Gasteiger partial charge in [0, 0.05) is 30.5 Å². The normalized spacial score (nSPS) is 14.6. The number of urea groups is 1. The summed E-state index contributed by atoms with van der Waals surface area (Å²) in [6, 6.07) is 3.52. The molecule has 1 fully saturated rings. The highest BCUT2D eigenvalue weighted by Crippen LogP contribution is 2.24. The third-order valence-corrected chi connectivity index (χ3v) is 5.60. The fourth-order valence-corrected chi connectivity index (χ4v) is 4.06. The summed E-state index contributed by atoms with van der Waals surface area (Å²) < 4.78 is 2.00. The second-order valence-electron chi connectivity index (χ2n) is 6.84. The summed E-state index contributed by atoms with van der Waals surface area (Å²) in [5.74, 6) is 0.521. The number of amides is 3. The summed E-state index contributed by atoms with van der Waals surface area (Å²) in [7, 11) is 0. The van der Waals surface area contributed by atoms with Gasteiger partial charge >= 0.3 is 6.03 Å². The number of carbonyl (C=O) groups is 2. The number of thioether (sulfide) groups is 1. The van der Waals surface area contributed by atoms with Crippen molar-refractivity contribution in [2.75, 3.05) is 5.75 Å². The minimum atomic E-state index is -0.412. The van der Waals surface area contributed by atoms with Crippen LogP contribution in [-0.2, 0) is 11.3 Å². The number of hydrogen-bond acceptors (Lipinski definition) is 6. The Morgan fingerprint density at radius 2 is 1.93 bits per heavy atom. The molecule has 1 aliphatic carbocycles. The van der Waals surface area contributed by atoms with Gasteiger partial charge in [-0.3, -0.25) is 15.1 Å². The molecule has 2 heterocycles. The third kappa shape index (κ3) is 5.54. The van der Waals surface area contributed by atoms with Crippen molar-refractivity contribution < 1.29 is 9.59 Å². The molecule has 150 valence electrons. The number of aromatic nitrogens is 4. The monoisotopic (exact) mass is 402 g/mol. The summed E-state index contributed by atoms with van der Waals surface area (Å²) in [6.07, 6.45) is 9.78. The topological polar surface area (TPSA) is 102 Å². The number of rotatable bonds is 7. The zero-order chi connectivity index (χ0) is 19.8. The van der Waals surface area contributed by atoms with Crippen molar-refractivity contribution in [2.45, 2.75) is 63.2 Å². The van der Waals surface area contributed by atoms with E-state index in [0.717, 1.165) is 50.0 Å². The highest BCUT2D eigenvalue weighted by molar-refractivity contribution is 7.99. The zero-order valence-electron chi connectivity index (χ0n) is 16.1. The lowest BCUT2D eigenvalue weighted by Gasteiger charge is -2.22. The van der Waals surface area contributed by atoms with Crippen molar-refractivity contribution in [2.24, 2.45) is 0 Å². The van der Waals surface area contributed by atoms with Gasteiger partial charge in [-0.05, 0) is 31.4 Å². The molecule has 2 aromatic heterocycles. The van der Waals surface area contributed by atoms with Gasteiger partial charge in [-0.15, -0.1) is 10.2 Å². The van der Waals surface area contributed by atoms with Crippen molar-refractivity contribution in [3.05, 3.63) is 24.5 Å². The average molecular weight is 403 g/mol. The van der Waals surface area contributed by atoms with Crippen LogP contribution in [0.3, 0.4) is 0 Å². The Kier molecular flexibility index (Phi) is 7.41. The van der Waals surface area contributed by atoms with Gasteiger partial charge in [0.15, 0.2) is 11.0 Å². The Hall–Kier alpha value is -2.42. The molecule has 1 saturated carbocycles. The Bertz CT molecular complexity index is 789. The van der Waals surface area contributed by atoms with E-state index < -0.39 is 6.03 Å². The lowest BCUT2D eigenvalue weighted by atomic mass is 9.96. The summed E-state index contributed by atoms with van der Waals surface area (Å²) >= 11 is 1.28. The van der Waals surface area contributed by atoms with Crippen molar-refractivity contribution in [1.29, 1.82) is 0 Å². The van der Waals surface area contributed by atoms with Crippen LogP contribution in [-0.4, -0.2) is 43.5 Å². The molecule has 2 N–H and O–H groups in total. The number of imide groups is 1. The van der Waals surface area contributed by atoms with Crippen LogP contribution in [0.1, 0.15) is 45.4 Å². The lowest BCUT2D eigenvalue weighted by molar-refractivity contribution is -0.117. The molecule has 9 heteroatoms. The molecule has 0 radical (unpaired) electrons. The van der Waals surface area contributed by atoms with Gasteiger partial charge in [0.05, 0.1) is 5.75 Å². The molecule has 0 spiro atoms. The van der Waals surface area contributed by atoms with E-state index in [2.05, 4.69) is 32.7 Å².